The van der Waals surface area contributed by atoms with Gasteiger partial charge in [0.05, 0.1) is 7.11 Å². The van der Waals surface area contributed by atoms with Crippen molar-refractivity contribution in [2.24, 2.45) is 0 Å². The molecule has 0 fully saturated rings. The van der Waals surface area contributed by atoms with Crippen molar-refractivity contribution in [3.05, 3.63) is 66.6 Å². The van der Waals surface area contributed by atoms with Crippen molar-refractivity contribution < 1.29 is 14.3 Å². The molecule has 25 heavy (non-hydrogen) atoms. The Morgan fingerprint density at radius 2 is 1.80 bits per heavy atom. The topological polar surface area (TPSA) is 73.3 Å². The van der Waals surface area contributed by atoms with Gasteiger partial charge in [-0.05, 0) is 42.0 Å². The lowest BCUT2D eigenvalue weighted by atomic mass is 10.1. The Balaban J connectivity index is 2.00. The summed E-state index contributed by atoms with van der Waals surface area (Å²) in [5, 5.41) is 2.59. The molecular weight excluding hydrogens is 318 g/mol. The highest BCUT2D eigenvalue weighted by Gasteiger charge is 2.12. The number of carbonyl (C=O) groups excluding carboxylic acids is 1. The van der Waals surface area contributed by atoms with Gasteiger partial charge in [-0.25, -0.2) is 4.98 Å². The van der Waals surface area contributed by atoms with E-state index in [-0.39, 0.29) is 5.91 Å². The first kappa shape index (κ1) is 16.4. The quantitative estimate of drug-likeness (QED) is 0.774. The average Bonchev–Trinajstić information content (AvgIpc) is 2.68. The summed E-state index contributed by atoms with van der Waals surface area (Å²) in [6, 6.07) is 12.5. The number of nitrogens with one attached hydrogen (secondary N) is 1. The maximum Gasteiger partial charge on any atom is 0.251 e. The number of hydrogen-bond acceptors (Lipinski definition) is 5. The first-order chi connectivity index (χ1) is 12.2. The van der Waals surface area contributed by atoms with Gasteiger partial charge >= 0.3 is 0 Å². The summed E-state index contributed by atoms with van der Waals surface area (Å²) in [5.41, 5.74) is 2.21. The van der Waals surface area contributed by atoms with Crippen LogP contribution in [-0.4, -0.2) is 30.0 Å². The van der Waals surface area contributed by atoms with Gasteiger partial charge in [0.2, 0.25) is 5.88 Å². The highest BCUT2D eigenvalue weighted by atomic mass is 16.5. The number of methoxy groups -OCH3 is 1. The molecule has 0 bridgehead atoms. The maximum atomic E-state index is 11.9. The Bertz CT molecular complexity index is 882. The number of benzene rings is 1. The lowest BCUT2D eigenvalue weighted by Crippen LogP contribution is -2.17. The predicted octanol–water partition coefficient (Wildman–Crippen LogP) is 3.30. The van der Waals surface area contributed by atoms with Gasteiger partial charge in [-0.2, -0.15) is 0 Å². The number of pyridine rings is 2. The highest BCUT2D eigenvalue weighted by Crippen LogP contribution is 2.32. The number of nitrogens with zero attached hydrogens (tertiary/aromatic N) is 2. The van der Waals surface area contributed by atoms with Gasteiger partial charge in [0.1, 0.15) is 11.5 Å². The van der Waals surface area contributed by atoms with Gasteiger partial charge in [-0.3, -0.25) is 9.78 Å². The van der Waals surface area contributed by atoms with E-state index in [0.717, 1.165) is 11.1 Å². The summed E-state index contributed by atoms with van der Waals surface area (Å²) < 4.78 is 11.2. The summed E-state index contributed by atoms with van der Waals surface area (Å²) in [5.74, 6) is 1.20. The Hall–Kier alpha value is -3.41. The molecule has 0 saturated heterocycles. The van der Waals surface area contributed by atoms with Crippen LogP contribution in [0, 0.1) is 0 Å². The minimum Gasteiger partial charge on any atom is -0.497 e. The minimum atomic E-state index is -0.223. The van der Waals surface area contributed by atoms with Gasteiger partial charge < -0.3 is 14.8 Å². The van der Waals surface area contributed by atoms with E-state index < -0.39 is 0 Å². The Morgan fingerprint density at radius 1 is 1.04 bits per heavy atom. The fourth-order valence-electron chi connectivity index (χ4n) is 2.36. The van der Waals surface area contributed by atoms with Crippen LogP contribution in [0.5, 0.6) is 17.4 Å². The number of amides is 1. The monoisotopic (exact) mass is 335 g/mol. The molecule has 0 saturated carbocycles. The largest absolute Gasteiger partial charge is 0.497 e. The van der Waals surface area contributed by atoms with Crippen LogP contribution in [0.3, 0.4) is 0 Å². The smallest absolute Gasteiger partial charge is 0.251 e. The molecule has 6 heteroatoms. The molecule has 1 N–H and O–H groups in total. The van der Waals surface area contributed by atoms with Crippen LogP contribution in [0.4, 0.5) is 0 Å². The van der Waals surface area contributed by atoms with Crippen molar-refractivity contribution in [3.8, 4) is 28.5 Å². The fraction of sp³-hybridized carbons (Fsp3) is 0.105. The molecule has 6 nitrogen and oxygen atoms in total. The Kier molecular flexibility index (Phi) is 4.89. The van der Waals surface area contributed by atoms with E-state index in [2.05, 4.69) is 15.3 Å². The molecule has 3 aromatic rings. The third-order valence-electron chi connectivity index (χ3n) is 3.58. The van der Waals surface area contributed by atoms with Crippen LogP contribution >= 0.6 is 0 Å². The SMILES string of the molecule is CNC(=O)c1cc(OC)cc(Oc2ncccc2-c2ccncc2)c1. The van der Waals surface area contributed by atoms with E-state index >= 15 is 0 Å². The first-order valence-corrected chi connectivity index (χ1v) is 7.65. The summed E-state index contributed by atoms with van der Waals surface area (Å²) >= 11 is 0. The molecule has 1 aromatic carbocycles. The molecule has 2 heterocycles. The van der Waals surface area contributed by atoms with Crippen LogP contribution in [0.15, 0.2) is 61.1 Å². The molecule has 126 valence electrons. The molecule has 0 spiro atoms. The van der Waals surface area contributed by atoms with Crippen LogP contribution in [0.2, 0.25) is 0 Å². The summed E-state index contributed by atoms with van der Waals surface area (Å²) in [7, 11) is 3.11. The summed E-state index contributed by atoms with van der Waals surface area (Å²) in [6.07, 6.45) is 5.07. The number of carbonyl (C=O) groups is 1. The fourth-order valence-corrected chi connectivity index (χ4v) is 2.36. The van der Waals surface area contributed by atoms with Crippen molar-refractivity contribution in [2.75, 3.05) is 14.2 Å². The first-order valence-electron chi connectivity index (χ1n) is 7.65. The second-order valence-corrected chi connectivity index (χ2v) is 5.17. The minimum absolute atomic E-state index is 0.223. The van der Waals surface area contributed by atoms with Gasteiger partial charge in [0.15, 0.2) is 0 Å². The summed E-state index contributed by atoms with van der Waals surface area (Å²) in [6.45, 7) is 0. The third-order valence-corrected chi connectivity index (χ3v) is 3.58. The molecule has 3 rings (SSSR count). The van der Waals surface area contributed by atoms with Gasteiger partial charge in [0, 0.05) is 42.8 Å². The zero-order valence-electron chi connectivity index (χ0n) is 13.9. The van der Waals surface area contributed by atoms with E-state index in [4.69, 9.17) is 9.47 Å². The van der Waals surface area contributed by atoms with Gasteiger partial charge in [-0.1, -0.05) is 0 Å². The Labute approximate surface area is 145 Å². The standard InChI is InChI=1S/C19H17N3O3/c1-20-18(23)14-10-15(24-2)12-16(11-14)25-19-17(4-3-7-22-19)13-5-8-21-9-6-13/h3-12H,1-2H3,(H,20,23). The van der Waals surface area contributed by atoms with Crippen molar-refractivity contribution in [3.63, 3.8) is 0 Å². The Morgan fingerprint density at radius 3 is 2.52 bits per heavy atom. The lowest BCUT2D eigenvalue weighted by molar-refractivity contribution is 0.0962. The molecule has 0 aliphatic rings. The average molecular weight is 335 g/mol. The lowest BCUT2D eigenvalue weighted by Gasteiger charge is -2.12. The maximum absolute atomic E-state index is 11.9. The zero-order chi connectivity index (χ0) is 17.6. The molecule has 0 atom stereocenters. The predicted molar refractivity (Wildman–Crippen MR) is 93.9 cm³/mol. The second kappa shape index (κ2) is 7.44. The highest BCUT2D eigenvalue weighted by molar-refractivity contribution is 5.94. The van der Waals surface area contributed by atoms with E-state index in [0.29, 0.717) is 22.9 Å². The van der Waals surface area contributed by atoms with Crippen LogP contribution in [0.1, 0.15) is 10.4 Å². The van der Waals surface area contributed by atoms with Crippen molar-refractivity contribution >= 4 is 5.91 Å². The van der Waals surface area contributed by atoms with Gasteiger partial charge in [-0.15, -0.1) is 0 Å². The molecule has 0 aliphatic carbocycles. The van der Waals surface area contributed by atoms with Gasteiger partial charge in [0.25, 0.3) is 5.91 Å². The number of aromatic nitrogens is 2. The normalized spacial score (nSPS) is 10.2. The van der Waals surface area contributed by atoms with E-state index in [9.17, 15) is 4.79 Å². The van der Waals surface area contributed by atoms with Crippen LogP contribution < -0.4 is 14.8 Å². The number of rotatable bonds is 5. The summed E-state index contributed by atoms with van der Waals surface area (Å²) in [4.78, 5) is 20.3. The second-order valence-electron chi connectivity index (χ2n) is 5.17. The van der Waals surface area contributed by atoms with E-state index in [1.165, 1.54) is 7.11 Å². The molecule has 1 amide bonds. The van der Waals surface area contributed by atoms with Crippen LogP contribution in [-0.2, 0) is 0 Å². The number of hydrogen-bond donors (Lipinski definition) is 1. The van der Waals surface area contributed by atoms with E-state index in [1.54, 1.807) is 43.8 Å². The van der Waals surface area contributed by atoms with Crippen molar-refractivity contribution in [1.82, 2.24) is 15.3 Å². The molecule has 0 unspecified atom stereocenters. The zero-order valence-corrected chi connectivity index (χ0v) is 13.9. The molecule has 2 aromatic heterocycles. The third kappa shape index (κ3) is 3.74. The molecule has 0 aliphatic heterocycles. The van der Waals surface area contributed by atoms with Crippen molar-refractivity contribution in [2.45, 2.75) is 0 Å². The number of ether oxygens (including phenoxy) is 2. The van der Waals surface area contributed by atoms with Crippen LogP contribution in [0.25, 0.3) is 11.1 Å². The van der Waals surface area contributed by atoms with Crippen molar-refractivity contribution in [1.29, 1.82) is 0 Å². The molecular formula is C19H17N3O3. The van der Waals surface area contributed by atoms with E-state index in [1.807, 2.05) is 24.3 Å². The molecule has 0 radical (unpaired) electrons.